The van der Waals surface area contributed by atoms with Crippen LogP contribution in [0.4, 0.5) is 11.4 Å². The van der Waals surface area contributed by atoms with Gasteiger partial charge in [-0.3, -0.25) is 4.98 Å². The SMILES string of the molecule is C=C1CNc2ccncc2N1C. The monoisotopic (exact) mass is 161 g/mol. The summed E-state index contributed by atoms with van der Waals surface area (Å²) < 4.78 is 0. The Bertz CT molecular complexity index is 319. The fourth-order valence-electron chi connectivity index (χ4n) is 1.29. The summed E-state index contributed by atoms with van der Waals surface area (Å²) in [5, 5.41) is 3.26. The fourth-order valence-corrected chi connectivity index (χ4v) is 1.29. The highest BCUT2D eigenvalue weighted by Gasteiger charge is 2.14. The van der Waals surface area contributed by atoms with Gasteiger partial charge < -0.3 is 10.2 Å². The number of nitrogens with one attached hydrogen (secondary N) is 1. The second-order valence-electron chi connectivity index (χ2n) is 2.87. The van der Waals surface area contributed by atoms with Crippen molar-refractivity contribution in [3.05, 3.63) is 30.7 Å². The first-order valence-corrected chi connectivity index (χ1v) is 3.88. The van der Waals surface area contributed by atoms with Crippen LogP contribution in [0.5, 0.6) is 0 Å². The van der Waals surface area contributed by atoms with E-state index in [1.165, 1.54) is 0 Å². The van der Waals surface area contributed by atoms with Gasteiger partial charge in [0.1, 0.15) is 0 Å². The van der Waals surface area contributed by atoms with Crippen LogP contribution < -0.4 is 10.2 Å². The normalized spacial score (nSPS) is 15.4. The van der Waals surface area contributed by atoms with E-state index >= 15 is 0 Å². The third kappa shape index (κ3) is 0.942. The van der Waals surface area contributed by atoms with E-state index in [4.69, 9.17) is 0 Å². The fraction of sp³-hybridized carbons (Fsp3) is 0.222. The number of aromatic nitrogens is 1. The van der Waals surface area contributed by atoms with Crippen molar-refractivity contribution in [2.24, 2.45) is 0 Å². The van der Waals surface area contributed by atoms with Gasteiger partial charge in [0.25, 0.3) is 0 Å². The molecule has 3 heteroatoms. The molecular weight excluding hydrogens is 150 g/mol. The molecule has 12 heavy (non-hydrogen) atoms. The molecule has 2 heterocycles. The van der Waals surface area contributed by atoms with Crippen LogP contribution in [0, 0.1) is 0 Å². The molecule has 3 nitrogen and oxygen atoms in total. The third-order valence-electron chi connectivity index (χ3n) is 2.12. The van der Waals surface area contributed by atoms with Crippen LogP contribution in [0.3, 0.4) is 0 Å². The highest BCUT2D eigenvalue weighted by atomic mass is 15.2. The third-order valence-corrected chi connectivity index (χ3v) is 2.12. The molecule has 0 unspecified atom stereocenters. The minimum Gasteiger partial charge on any atom is -0.378 e. The number of nitrogens with zero attached hydrogens (tertiary/aromatic N) is 2. The van der Waals surface area contributed by atoms with E-state index in [0.29, 0.717) is 0 Å². The maximum atomic E-state index is 4.06. The van der Waals surface area contributed by atoms with E-state index in [1.807, 2.05) is 19.3 Å². The topological polar surface area (TPSA) is 28.2 Å². The lowest BCUT2D eigenvalue weighted by Gasteiger charge is -2.29. The molecule has 0 amide bonds. The lowest BCUT2D eigenvalue weighted by atomic mass is 10.2. The van der Waals surface area contributed by atoms with Gasteiger partial charge in [0.05, 0.1) is 24.1 Å². The molecule has 1 aliphatic rings. The zero-order chi connectivity index (χ0) is 8.55. The molecule has 0 radical (unpaired) electrons. The van der Waals surface area contributed by atoms with Crippen LogP contribution in [0.25, 0.3) is 0 Å². The van der Waals surface area contributed by atoms with Gasteiger partial charge in [-0.15, -0.1) is 0 Å². The standard InChI is InChI=1S/C9H11N3/c1-7-5-11-8-3-4-10-6-9(8)12(7)2/h3-4,6,11H,1,5H2,2H3. The molecule has 1 aromatic rings. The minimum atomic E-state index is 0.813. The van der Waals surface area contributed by atoms with Crippen LogP contribution in [-0.4, -0.2) is 18.6 Å². The number of fused-ring (bicyclic) bond motifs is 1. The number of likely N-dealkylation sites (N-methyl/N-ethyl adjacent to an activating group) is 1. The quantitative estimate of drug-likeness (QED) is 0.624. The summed E-state index contributed by atoms with van der Waals surface area (Å²) in [6, 6.07) is 1.97. The summed E-state index contributed by atoms with van der Waals surface area (Å²) in [5.74, 6) is 0. The first kappa shape index (κ1) is 7.16. The summed E-state index contributed by atoms with van der Waals surface area (Å²) in [5.41, 5.74) is 3.28. The van der Waals surface area contributed by atoms with E-state index in [2.05, 4.69) is 21.8 Å². The van der Waals surface area contributed by atoms with Gasteiger partial charge in [-0.1, -0.05) is 6.58 Å². The first-order valence-electron chi connectivity index (χ1n) is 3.88. The van der Waals surface area contributed by atoms with Crippen molar-refractivity contribution in [1.82, 2.24) is 4.98 Å². The van der Waals surface area contributed by atoms with Gasteiger partial charge in [0.2, 0.25) is 0 Å². The Kier molecular flexibility index (Phi) is 1.50. The Morgan fingerprint density at radius 1 is 1.67 bits per heavy atom. The van der Waals surface area contributed by atoms with Crippen molar-refractivity contribution < 1.29 is 0 Å². The summed E-state index contributed by atoms with van der Waals surface area (Å²) in [6.45, 7) is 4.74. The molecule has 2 rings (SSSR count). The number of anilines is 2. The Labute approximate surface area is 71.7 Å². The zero-order valence-electron chi connectivity index (χ0n) is 7.04. The molecular formula is C9H11N3. The van der Waals surface area contributed by atoms with Crippen molar-refractivity contribution in [1.29, 1.82) is 0 Å². The molecule has 62 valence electrons. The smallest absolute Gasteiger partial charge is 0.0828 e. The molecule has 0 saturated carbocycles. The Morgan fingerprint density at radius 2 is 2.50 bits per heavy atom. The first-order chi connectivity index (χ1) is 5.79. The van der Waals surface area contributed by atoms with Crippen molar-refractivity contribution in [3.63, 3.8) is 0 Å². The molecule has 0 spiro atoms. The molecule has 0 aliphatic carbocycles. The highest BCUT2D eigenvalue weighted by molar-refractivity contribution is 5.73. The van der Waals surface area contributed by atoms with Crippen molar-refractivity contribution in [2.75, 3.05) is 23.8 Å². The van der Waals surface area contributed by atoms with Gasteiger partial charge in [-0.25, -0.2) is 0 Å². The van der Waals surface area contributed by atoms with E-state index in [0.717, 1.165) is 23.6 Å². The summed E-state index contributed by atoms with van der Waals surface area (Å²) in [6.07, 6.45) is 3.63. The average Bonchev–Trinajstić information content (AvgIpc) is 2.12. The second kappa shape index (κ2) is 2.52. The largest absolute Gasteiger partial charge is 0.378 e. The van der Waals surface area contributed by atoms with Gasteiger partial charge in [0, 0.05) is 18.9 Å². The number of hydrogen-bond donors (Lipinski definition) is 1. The van der Waals surface area contributed by atoms with Crippen molar-refractivity contribution >= 4 is 11.4 Å². The van der Waals surface area contributed by atoms with Crippen LogP contribution >= 0.6 is 0 Å². The molecule has 0 atom stereocenters. The lowest BCUT2D eigenvalue weighted by molar-refractivity contribution is 1.00. The Morgan fingerprint density at radius 3 is 3.33 bits per heavy atom. The van der Waals surface area contributed by atoms with E-state index < -0.39 is 0 Å². The number of pyridine rings is 1. The molecule has 0 aromatic carbocycles. The van der Waals surface area contributed by atoms with Crippen LogP contribution in [0.1, 0.15) is 0 Å². The molecule has 1 N–H and O–H groups in total. The summed E-state index contributed by atoms with van der Waals surface area (Å²) in [4.78, 5) is 6.11. The number of hydrogen-bond acceptors (Lipinski definition) is 3. The predicted molar refractivity (Wildman–Crippen MR) is 50.3 cm³/mol. The molecule has 0 fully saturated rings. The lowest BCUT2D eigenvalue weighted by Crippen LogP contribution is -2.27. The van der Waals surface area contributed by atoms with Gasteiger partial charge in [-0.05, 0) is 6.07 Å². The zero-order valence-corrected chi connectivity index (χ0v) is 7.04. The van der Waals surface area contributed by atoms with Gasteiger partial charge in [-0.2, -0.15) is 0 Å². The molecule has 0 bridgehead atoms. The van der Waals surface area contributed by atoms with Gasteiger partial charge >= 0.3 is 0 Å². The molecule has 1 aliphatic heterocycles. The minimum absolute atomic E-state index is 0.813. The van der Waals surface area contributed by atoms with E-state index in [9.17, 15) is 0 Å². The van der Waals surface area contributed by atoms with Crippen LogP contribution in [0.15, 0.2) is 30.7 Å². The van der Waals surface area contributed by atoms with Crippen LogP contribution in [0.2, 0.25) is 0 Å². The summed E-state index contributed by atoms with van der Waals surface area (Å²) in [7, 11) is 2.00. The maximum absolute atomic E-state index is 4.06. The number of rotatable bonds is 0. The molecule has 1 aromatic heterocycles. The second-order valence-corrected chi connectivity index (χ2v) is 2.87. The maximum Gasteiger partial charge on any atom is 0.0828 e. The highest BCUT2D eigenvalue weighted by Crippen LogP contribution is 2.29. The summed E-state index contributed by atoms with van der Waals surface area (Å²) >= 11 is 0. The van der Waals surface area contributed by atoms with Crippen molar-refractivity contribution in [2.45, 2.75) is 0 Å². The van der Waals surface area contributed by atoms with Crippen molar-refractivity contribution in [3.8, 4) is 0 Å². The van der Waals surface area contributed by atoms with E-state index in [1.54, 1.807) is 6.20 Å². The van der Waals surface area contributed by atoms with E-state index in [-0.39, 0.29) is 0 Å². The predicted octanol–water partition coefficient (Wildman–Crippen LogP) is 1.46. The molecule has 0 saturated heterocycles. The Hall–Kier alpha value is -1.51. The van der Waals surface area contributed by atoms with Crippen LogP contribution in [-0.2, 0) is 0 Å². The Balaban J connectivity index is 2.48. The van der Waals surface area contributed by atoms with Gasteiger partial charge in [0.15, 0.2) is 0 Å². The average molecular weight is 161 g/mol.